The van der Waals surface area contributed by atoms with Crippen LogP contribution < -0.4 is 0 Å². The lowest BCUT2D eigenvalue weighted by Gasteiger charge is -2.32. The number of carbonyl (C=O) groups excluding carboxylic acids is 3. The number of esters is 2. The first-order valence-corrected chi connectivity index (χ1v) is 8.85. The van der Waals surface area contributed by atoms with Gasteiger partial charge in [0.05, 0.1) is 5.41 Å². The summed E-state index contributed by atoms with van der Waals surface area (Å²) < 4.78 is 15.5. The van der Waals surface area contributed by atoms with E-state index < -0.39 is 24.1 Å². The van der Waals surface area contributed by atoms with E-state index in [-0.39, 0.29) is 22.6 Å². The predicted octanol–water partition coefficient (Wildman–Crippen LogP) is 1.96. The zero-order chi connectivity index (χ0) is 19.8. The van der Waals surface area contributed by atoms with E-state index in [1.165, 1.54) is 0 Å². The second kappa shape index (κ2) is 7.19. The van der Waals surface area contributed by atoms with Crippen LogP contribution in [-0.4, -0.2) is 67.7 Å². The lowest BCUT2D eigenvalue weighted by Crippen LogP contribution is -2.47. The quantitative estimate of drug-likeness (QED) is 0.595. The van der Waals surface area contributed by atoms with Gasteiger partial charge in [0.1, 0.15) is 22.3 Å². The highest BCUT2D eigenvalue weighted by Gasteiger charge is 2.32. The van der Waals surface area contributed by atoms with Gasteiger partial charge in [-0.3, -0.25) is 9.59 Å². The molecule has 0 atom stereocenters. The van der Waals surface area contributed by atoms with Crippen LogP contribution >= 0.6 is 0 Å². The average Bonchev–Trinajstić information content (AvgIpc) is 3.22. The van der Waals surface area contributed by atoms with Crippen molar-refractivity contribution in [3.8, 4) is 0 Å². The van der Waals surface area contributed by atoms with Gasteiger partial charge in [-0.15, -0.1) is 0 Å². The Kier molecular flexibility index (Phi) is 5.10. The first kappa shape index (κ1) is 19.2. The summed E-state index contributed by atoms with van der Waals surface area (Å²) in [5.41, 5.74) is 0.242. The summed E-state index contributed by atoms with van der Waals surface area (Å²) in [6.45, 7) is 7.29. The van der Waals surface area contributed by atoms with Gasteiger partial charge < -0.3 is 23.7 Å². The van der Waals surface area contributed by atoms with Crippen molar-refractivity contribution in [3.63, 3.8) is 0 Å². The van der Waals surface area contributed by atoms with Crippen LogP contribution in [-0.2, 0) is 14.3 Å². The monoisotopic (exact) mass is 376 g/mol. The molecule has 0 N–H and O–H groups in total. The Morgan fingerprint density at radius 2 is 1.59 bits per heavy atom. The molecule has 2 bridgehead atoms. The van der Waals surface area contributed by atoms with Gasteiger partial charge in [0.2, 0.25) is 6.79 Å². The van der Waals surface area contributed by atoms with E-state index >= 15 is 0 Å². The zero-order valence-corrected chi connectivity index (χ0v) is 16.0. The highest BCUT2D eigenvalue weighted by Crippen LogP contribution is 2.31. The fourth-order valence-electron chi connectivity index (χ4n) is 2.86. The second-order valence-electron chi connectivity index (χ2n) is 7.74. The van der Waals surface area contributed by atoms with Crippen LogP contribution in [0.1, 0.15) is 41.5 Å². The Morgan fingerprint density at radius 1 is 1.00 bits per heavy atom. The molecular weight excluding hydrogens is 352 g/mol. The molecule has 0 spiro atoms. The van der Waals surface area contributed by atoms with E-state index in [0.29, 0.717) is 18.7 Å². The van der Waals surface area contributed by atoms with Gasteiger partial charge in [-0.1, -0.05) is 0 Å². The maximum Gasteiger partial charge on any atom is 0.345 e. The van der Waals surface area contributed by atoms with Gasteiger partial charge >= 0.3 is 11.9 Å². The van der Waals surface area contributed by atoms with Crippen molar-refractivity contribution in [1.29, 1.82) is 0 Å². The van der Waals surface area contributed by atoms with Crippen molar-refractivity contribution >= 4 is 29.0 Å². The molecule has 146 valence electrons. The van der Waals surface area contributed by atoms with Gasteiger partial charge in [-0.25, -0.2) is 4.79 Å². The first-order chi connectivity index (χ1) is 12.7. The van der Waals surface area contributed by atoms with E-state index in [2.05, 4.69) is 4.90 Å². The summed E-state index contributed by atoms with van der Waals surface area (Å²) in [5.74, 6) is -1.48. The molecule has 0 unspecified atom stereocenters. The number of carbonyl (C=O) groups is 3. The molecule has 1 amide bonds. The molecule has 8 heteroatoms. The van der Waals surface area contributed by atoms with Gasteiger partial charge in [-0.2, -0.15) is 0 Å². The number of hydrogen-bond acceptors (Lipinski definition) is 7. The van der Waals surface area contributed by atoms with Crippen molar-refractivity contribution in [1.82, 2.24) is 9.80 Å². The molecule has 1 aliphatic heterocycles. The molecule has 1 fully saturated rings. The average molecular weight is 376 g/mol. The van der Waals surface area contributed by atoms with Gasteiger partial charge in [0.25, 0.3) is 5.91 Å². The van der Waals surface area contributed by atoms with E-state index in [0.717, 1.165) is 13.1 Å². The van der Waals surface area contributed by atoms with Crippen molar-refractivity contribution < 1.29 is 28.3 Å². The second-order valence-corrected chi connectivity index (χ2v) is 7.74. The molecule has 1 aliphatic rings. The number of fused-ring (bicyclic) bond motifs is 2. The lowest BCUT2D eigenvalue weighted by atomic mass is 9.98. The summed E-state index contributed by atoms with van der Waals surface area (Å²) in [7, 11) is 2.00. The number of nitrogens with zero attached hydrogens (tertiary/aromatic N) is 2. The van der Waals surface area contributed by atoms with Crippen LogP contribution in [0.3, 0.4) is 0 Å². The molecule has 0 saturated carbocycles. The number of furan rings is 2. The fraction of sp³-hybridized carbons (Fsp3) is 0.526. The normalized spacial score (nSPS) is 15.9. The molecule has 0 aromatic carbocycles. The Morgan fingerprint density at radius 3 is 2.19 bits per heavy atom. The highest BCUT2D eigenvalue weighted by atomic mass is 16.7. The fourth-order valence-corrected chi connectivity index (χ4v) is 2.86. The first-order valence-electron chi connectivity index (χ1n) is 8.85. The smallest absolute Gasteiger partial charge is 0.345 e. The number of piperazine rings is 1. The molecule has 27 heavy (non-hydrogen) atoms. The van der Waals surface area contributed by atoms with Gasteiger partial charge in [0, 0.05) is 26.2 Å². The molecule has 0 aliphatic carbocycles. The minimum atomic E-state index is -0.747. The van der Waals surface area contributed by atoms with Crippen LogP contribution in [0.4, 0.5) is 0 Å². The number of likely N-dealkylation sites (N-methyl/N-ethyl adjacent to an activating group) is 1. The number of ether oxygens (including phenoxy) is 2. The van der Waals surface area contributed by atoms with Crippen LogP contribution in [0.25, 0.3) is 11.2 Å². The van der Waals surface area contributed by atoms with Crippen LogP contribution in [0.2, 0.25) is 0 Å². The Labute approximate surface area is 157 Å². The lowest BCUT2D eigenvalue weighted by molar-refractivity contribution is -0.161. The van der Waals surface area contributed by atoms with Gasteiger partial charge in [0.15, 0.2) is 0 Å². The summed E-state index contributed by atoms with van der Waals surface area (Å²) in [4.78, 5) is 41.1. The van der Waals surface area contributed by atoms with Crippen molar-refractivity contribution in [3.05, 3.63) is 23.3 Å². The van der Waals surface area contributed by atoms with Gasteiger partial charge in [-0.05, 0) is 40.0 Å². The molecule has 3 rings (SSSR count). The molecular formula is C19H24N2O6. The third-order valence-corrected chi connectivity index (χ3v) is 4.55. The van der Waals surface area contributed by atoms with E-state index in [1.807, 2.05) is 7.05 Å². The SMILES string of the molecule is CN1CCN(C(=O)c2c(C(=O)OCOC(=O)C(C)(C)C)c3ccc2o3)CC1. The summed E-state index contributed by atoms with van der Waals surface area (Å²) >= 11 is 0. The number of benzene rings is 1. The van der Waals surface area contributed by atoms with E-state index in [1.54, 1.807) is 37.8 Å². The topological polar surface area (TPSA) is 89.3 Å². The zero-order valence-electron chi connectivity index (χ0n) is 16.0. The standard InChI is InChI=1S/C19H24N2O6/c1-19(2,3)18(24)26-11-25-17(23)15-13-6-5-12(27-13)14(15)16(22)21-9-7-20(4)8-10-21/h5-6H,7-11H2,1-4H3. The predicted molar refractivity (Wildman–Crippen MR) is 96.6 cm³/mol. The van der Waals surface area contributed by atoms with E-state index in [4.69, 9.17) is 13.9 Å². The maximum atomic E-state index is 12.9. The molecule has 2 aromatic heterocycles. The summed E-state index contributed by atoms with van der Waals surface area (Å²) in [6.07, 6.45) is 0. The van der Waals surface area contributed by atoms with E-state index in [9.17, 15) is 14.4 Å². The van der Waals surface area contributed by atoms with Crippen LogP contribution in [0.15, 0.2) is 16.5 Å². The molecule has 2 aromatic rings. The number of hydrogen-bond donors (Lipinski definition) is 0. The Balaban J connectivity index is 1.72. The molecule has 1 saturated heterocycles. The largest absolute Gasteiger partial charge is 0.456 e. The summed E-state index contributed by atoms with van der Waals surface area (Å²) in [6, 6.07) is 3.28. The summed E-state index contributed by atoms with van der Waals surface area (Å²) in [5, 5.41) is 0. The minimum Gasteiger partial charge on any atom is -0.456 e. The van der Waals surface area contributed by atoms with Crippen LogP contribution in [0, 0.1) is 5.41 Å². The number of amides is 1. The van der Waals surface area contributed by atoms with Crippen molar-refractivity contribution in [2.24, 2.45) is 5.41 Å². The maximum absolute atomic E-state index is 12.9. The van der Waals surface area contributed by atoms with Crippen LogP contribution in [0.5, 0.6) is 0 Å². The molecule has 3 heterocycles. The molecule has 8 nitrogen and oxygen atoms in total. The van der Waals surface area contributed by atoms with Crippen molar-refractivity contribution in [2.45, 2.75) is 20.8 Å². The number of rotatable bonds is 4. The highest BCUT2D eigenvalue weighted by molar-refractivity contribution is 6.14. The van der Waals surface area contributed by atoms with Crippen molar-refractivity contribution in [2.75, 3.05) is 40.0 Å². The Bertz CT molecular complexity index is 842. The molecule has 0 radical (unpaired) electrons. The third-order valence-electron chi connectivity index (χ3n) is 4.55. The Hall–Kier alpha value is -2.61. The third kappa shape index (κ3) is 3.90. The minimum absolute atomic E-state index is 0.0863.